The SMILES string of the molecule is CCOc1ccc2c(c1)C=C(C(=O)N[C@@H](C)CN1CCOCC1)CO2. The third-order valence-corrected chi connectivity index (χ3v) is 4.31. The minimum absolute atomic E-state index is 0.0719. The zero-order valence-corrected chi connectivity index (χ0v) is 14.9. The van der Waals surface area contributed by atoms with Crippen LogP contribution in [0.15, 0.2) is 23.8 Å². The van der Waals surface area contributed by atoms with Crippen molar-refractivity contribution >= 4 is 12.0 Å². The highest BCUT2D eigenvalue weighted by Gasteiger charge is 2.20. The van der Waals surface area contributed by atoms with Crippen LogP contribution in [0.1, 0.15) is 19.4 Å². The Labute approximate surface area is 148 Å². The number of benzene rings is 1. The molecule has 0 saturated carbocycles. The lowest BCUT2D eigenvalue weighted by molar-refractivity contribution is -0.118. The maximum atomic E-state index is 12.5. The summed E-state index contributed by atoms with van der Waals surface area (Å²) < 4.78 is 16.6. The van der Waals surface area contributed by atoms with Gasteiger partial charge in [0.25, 0.3) is 5.91 Å². The maximum absolute atomic E-state index is 12.5. The highest BCUT2D eigenvalue weighted by Crippen LogP contribution is 2.30. The summed E-state index contributed by atoms with van der Waals surface area (Å²) in [5.41, 5.74) is 1.51. The average molecular weight is 346 g/mol. The summed E-state index contributed by atoms with van der Waals surface area (Å²) in [5, 5.41) is 3.07. The van der Waals surface area contributed by atoms with E-state index in [-0.39, 0.29) is 18.6 Å². The van der Waals surface area contributed by atoms with Crippen molar-refractivity contribution in [1.29, 1.82) is 0 Å². The summed E-state index contributed by atoms with van der Waals surface area (Å²) in [4.78, 5) is 14.8. The highest BCUT2D eigenvalue weighted by atomic mass is 16.5. The molecule has 2 aliphatic rings. The van der Waals surface area contributed by atoms with E-state index in [9.17, 15) is 4.79 Å². The number of carbonyl (C=O) groups is 1. The summed E-state index contributed by atoms with van der Waals surface area (Å²) >= 11 is 0. The van der Waals surface area contributed by atoms with Crippen LogP contribution in [0.3, 0.4) is 0 Å². The van der Waals surface area contributed by atoms with E-state index in [0.29, 0.717) is 12.2 Å². The topological polar surface area (TPSA) is 60.0 Å². The fourth-order valence-corrected chi connectivity index (χ4v) is 3.08. The molecule has 1 aromatic rings. The normalized spacial score (nSPS) is 18.6. The first-order valence-electron chi connectivity index (χ1n) is 8.87. The van der Waals surface area contributed by atoms with E-state index < -0.39 is 0 Å². The van der Waals surface area contributed by atoms with Crippen LogP contribution in [0, 0.1) is 0 Å². The Morgan fingerprint density at radius 3 is 2.92 bits per heavy atom. The lowest BCUT2D eigenvalue weighted by Crippen LogP contribution is -2.46. The molecule has 2 heterocycles. The molecule has 1 amide bonds. The molecule has 0 aromatic heterocycles. The van der Waals surface area contributed by atoms with Crippen molar-refractivity contribution in [3.63, 3.8) is 0 Å². The molecule has 1 fully saturated rings. The second-order valence-corrected chi connectivity index (χ2v) is 6.38. The predicted molar refractivity (Wildman–Crippen MR) is 95.9 cm³/mol. The molecule has 25 heavy (non-hydrogen) atoms. The molecule has 6 heteroatoms. The Morgan fingerprint density at radius 1 is 1.36 bits per heavy atom. The van der Waals surface area contributed by atoms with Gasteiger partial charge in [-0.15, -0.1) is 0 Å². The summed E-state index contributed by atoms with van der Waals surface area (Å²) in [5.74, 6) is 1.48. The van der Waals surface area contributed by atoms with Gasteiger partial charge < -0.3 is 19.5 Å². The molecule has 1 aromatic carbocycles. The minimum Gasteiger partial charge on any atom is -0.494 e. The molecule has 0 radical (unpaired) electrons. The molecule has 1 atom stereocenters. The highest BCUT2D eigenvalue weighted by molar-refractivity contribution is 5.99. The number of morpholine rings is 1. The number of carbonyl (C=O) groups excluding carboxylic acids is 1. The van der Waals surface area contributed by atoms with Gasteiger partial charge in [0.1, 0.15) is 18.1 Å². The number of amides is 1. The summed E-state index contributed by atoms with van der Waals surface area (Å²) in [6.45, 7) is 9.05. The van der Waals surface area contributed by atoms with Crippen molar-refractivity contribution in [2.24, 2.45) is 0 Å². The van der Waals surface area contributed by atoms with Gasteiger partial charge in [0.2, 0.25) is 0 Å². The quantitative estimate of drug-likeness (QED) is 0.850. The van der Waals surface area contributed by atoms with E-state index in [1.165, 1.54) is 0 Å². The lowest BCUT2D eigenvalue weighted by atomic mass is 10.1. The average Bonchev–Trinajstić information content (AvgIpc) is 2.62. The van der Waals surface area contributed by atoms with E-state index in [4.69, 9.17) is 14.2 Å². The fraction of sp³-hybridized carbons (Fsp3) is 0.526. The van der Waals surface area contributed by atoms with Crippen LogP contribution < -0.4 is 14.8 Å². The maximum Gasteiger partial charge on any atom is 0.250 e. The van der Waals surface area contributed by atoms with Gasteiger partial charge in [-0.25, -0.2) is 0 Å². The summed E-state index contributed by atoms with van der Waals surface area (Å²) in [6, 6.07) is 5.74. The van der Waals surface area contributed by atoms with Crippen molar-refractivity contribution in [2.45, 2.75) is 19.9 Å². The molecule has 0 bridgehead atoms. The van der Waals surface area contributed by atoms with E-state index in [2.05, 4.69) is 10.2 Å². The molecular weight excluding hydrogens is 320 g/mol. The van der Waals surface area contributed by atoms with E-state index in [0.717, 1.165) is 49.9 Å². The minimum atomic E-state index is -0.0757. The van der Waals surface area contributed by atoms with Crippen LogP contribution in [0.25, 0.3) is 6.08 Å². The lowest BCUT2D eigenvalue weighted by Gasteiger charge is -2.29. The largest absolute Gasteiger partial charge is 0.494 e. The number of rotatable bonds is 6. The van der Waals surface area contributed by atoms with Crippen LogP contribution in [0.4, 0.5) is 0 Å². The zero-order valence-electron chi connectivity index (χ0n) is 14.9. The predicted octanol–water partition coefficient (Wildman–Crippen LogP) is 1.70. The van der Waals surface area contributed by atoms with Gasteiger partial charge in [0.15, 0.2) is 0 Å². The molecule has 0 aliphatic carbocycles. The van der Waals surface area contributed by atoms with Crippen molar-refractivity contribution in [2.75, 3.05) is 46.1 Å². The molecule has 136 valence electrons. The smallest absolute Gasteiger partial charge is 0.250 e. The second kappa shape index (κ2) is 8.36. The molecule has 6 nitrogen and oxygen atoms in total. The number of hydrogen-bond acceptors (Lipinski definition) is 5. The van der Waals surface area contributed by atoms with E-state index in [1.807, 2.05) is 38.1 Å². The molecule has 1 N–H and O–H groups in total. The Kier molecular flexibility index (Phi) is 5.94. The fourth-order valence-electron chi connectivity index (χ4n) is 3.08. The van der Waals surface area contributed by atoms with Crippen molar-refractivity contribution in [3.8, 4) is 11.5 Å². The van der Waals surface area contributed by atoms with Crippen LogP contribution in [-0.2, 0) is 9.53 Å². The van der Waals surface area contributed by atoms with Gasteiger partial charge in [-0.05, 0) is 38.1 Å². The first-order chi connectivity index (χ1) is 12.2. The second-order valence-electron chi connectivity index (χ2n) is 6.38. The van der Waals surface area contributed by atoms with Crippen LogP contribution >= 0.6 is 0 Å². The first kappa shape index (κ1) is 17.8. The standard InChI is InChI=1S/C19H26N2O4/c1-3-24-17-4-5-18-15(11-17)10-16(13-25-18)19(22)20-14(2)12-21-6-8-23-9-7-21/h4-5,10-11,14H,3,6-9,12-13H2,1-2H3,(H,20,22)/t14-/m0/s1. The molecule has 0 unspecified atom stereocenters. The molecule has 2 aliphatic heterocycles. The van der Waals surface area contributed by atoms with Crippen molar-refractivity contribution in [1.82, 2.24) is 10.2 Å². The van der Waals surface area contributed by atoms with Crippen molar-refractivity contribution in [3.05, 3.63) is 29.3 Å². The number of nitrogens with one attached hydrogen (secondary N) is 1. The Bertz CT molecular complexity index is 638. The number of nitrogens with zero attached hydrogens (tertiary/aromatic N) is 1. The molecular formula is C19H26N2O4. The summed E-state index contributed by atoms with van der Waals surface area (Å²) in [7, 11) is 0. The van der Waals surface area contributed by atoms with Crippen molar-refractivity contribution < 1.29 is 19.0 Å². The third-order valence-electron chi connectivity index (χ3n) is 4.31. The zero-order chi connectivity index (χ0) is 17.6. The van der Waals surface area contributed by atoms with Gasteiger partial charge in [-0.3, -0.25) is 9.69 Å². The monoisotopic (exact) mass is 346 g/mol. The van der Waals surface area contributed by atoms with Crippen LogP contribution in [0.5, 0.6) is 11.5 Å². The van der Waals surface area contributed by atoms with Crippen LogP contribution in [0.2, 0.25) is 0 Å². The van der Waals surface area contributed by atoms with Crippen LogP contribution in [-0.4, -0.2) is 62.9 Å². The number of hydrogen-bond donors (Lipinski definition) is 1. The molecule has 0 spiro atoms. The van der Waals surface area contributed by atoms with E-state index in [1.54, 1.807) is 0 Å². The van der Waals surface area contributed by atoms with Gasteiger partial charge in [-0.1, -0.05) is 0 Å². The Balaban J connectivity index is 1.60. The van der Waals surface area contributed by atoms with Gasteiger partial charge >= 0.3 is 0 Å². The summed E-state index contributed by atoms with van der Waals surface area (Å²) in [6.07, 6.45) is 1.89. The number of fused-ring (bicyclic) bond motifs is 1. The van der Waals surface area contributed by atoms with E-state index >= 15 is 0 Å². The number of ether oxygens (including phenoxy) is 3. The first-order valence-corrected chi connectivity index (χ1v) is 8.87. The Hall–Kier alpha value is -2.05. The van der Waals surface area contributed by atoms with Gasteiger partial charge in [0, 0.05) is 31.2 Å². The van der Waals surface area contributed by atoms with Gasteiger partial charge in [0.05, 0.1) is 25.4 Å². The third kappa shape index (κ3) is 4.74. The Morgan fingerprint density at radius 2 is 2.16 bits per heavy atom. The molecule has 3 rings (SSSR count). The van der Waals surface area contributed by atoms with Gasteiger partial charge in [-0.2, -0.15) is 0 Å². The molecule has 1 saturated heterocycles.